The maximum atomic E-state index is 13.7. The smallest absolute Gasteiger partial charge is 0.165 e. The molecular formula is C15H22FN3. The maximum Gasteiger partial charge on any atom is 0.165 e. The van der Waals surface area contributed by atoms with E-state index in [1.54, 1.807) is 6.07 Å². The molecule has 1 N–H and O–H groups in total. The van der Waals surface area contributed by atoms with E-state index < -0.39 is 0 Å². The van der Waals surface area contributed by atoms with Crippen LogP contribution in [0.1, 0.15) is 26.0 Å². The standard InChI is InChI=1S/C15H22FN3/c1-9(2)19-7-11-6-12(8-19)14(11)18-15-13(16)5-4-10(3)17-15/h4-5,9,11-12,14H,6-8H2,1-3H3,(H,17,18). The van der Waals surface area contributed by atoms with Crippen LogP contribution in [0.5, 0.6) is 0 Å². The van der Waals surface area contributed by atoms with Crippen molar-refractivity contribution >= 4 is 5.82 Å². The van der Waals surface area contributed by atoms with Crippen LogP contribution in [0.3, 0.4) is 0 Å². The molecule has 1 saturated heterocycles. The number of hydrogen-bond donors (Lipinski definition) is 1. The first kappa shape index (κ1) is 12.9. The molecule has 2 heterocycles. The minimum Gasteiger partial charge on any atom is -0.364 e. The molecule has 2 unspecified atom stereocenters. The normalized spacial score (nSPS) is 30.3. The predicted molar refractivity (Wildman–Crippen MR) is 74.6 cm³/mol. The molecule has 1 aliphatic heterocycles. The van der Waals surface area contributed by atoms with Gasteiger partial charge < -0.3 is 10.2 Å². The third kappa shape index (κ3) is 2.34. The van der Waals surface area contributed by atoms with Crippen molar-refractivity contribution in [3.05, 3.63) is 23.6 Å². The van der Waals surface area contributed by atoms with Crippen LogP contribution in [-0.4, -0.2) is 35.1 Å². The number of rotatable bonds is 3. The first-order valence-electron chi connectivity index (χ1n) is 7.18. The molecule has 1 aromatic rings. The molecule has 2 bridgehead atoms. The summed E-state index contributed by atoms with van der Waals surface area (Å²) >= 11 is 0. The second-order valence-electron chi connectivity index (χ2n) is 6.26. The molecule has 0 spiro atoms. The summed E-state index contributed by atoms with van der Waals surface area (Å²) in [6, 6.07) is 4.22. The molecule has 2 fully saturated rings. The molecule has 1 aromatic heterocycles. The third-order valence-corrected chi connectivity index (χ3v) is 4.58. The zero-order chi connectivity index (χ0) is 13.6. The summed E-state index contributed by atoms with van der Waals surface area (Å²) in [7, 11) is 0. The molecule has 1 aliphatic carbocycles. The predicted octanol–water partition coefficient (Wildman–Crippen LogP) is 2.67. The van der Waals surface area contributed by atoms with E-state index in [1.165, 1.54) is 12.5 Å². The summed E-state index contributed by atoms with van der Waals surface area (Å²) in [4.78, 5) is 6.80. The van der Waals surface area contributed by atoms with Gasteiger partial charge in [-0.1, -0.05) is 0 Å². The second kappa shape index (κ2) is 4.75. The SMILES string of the molecule is Cc1ccc(F)c(NC2C3CC2CN(C(C)C)C3)n1. The van der Waals surface area contributed by atoms with Gasteiger partial charge in [0.15, 0.2) is 11.6 Å². The average molecular weight is 263 g/mol. The molecule has 0 radical (unpaired) electrons. The molecule has 3 nitrogen and oxygen atoms in total. The molecule has 3 rings (SSSR count). The fourth-order valence-electron chi connectivity index (χ4n) is 3.38. The van der Waals surface area contributed by atoms with Crippen molar-refractivity contribution < 1.29 is 4.39 Å². The van der Waals surface area contributed by atoms with E-state index in [2.05, 4.69) is 29.0 Å². The Balaban J connectivity index is 1.68. The number of hydrogen-bond acceptors (Lipinski definition) is 3. The van der Waals surface area contributed by atoms with Crippen molar-refractivity contribution in [3.8, 4) is 0 Å². The van der Waals surface area contributed by atoms with Gasteiger partial charge in [-0.15, -0.1) is 0 Å². The summed E-state index contributed by atoms with van der Waals surface area (Å²) in [6.07, 6.45) is 1.27. The highest BCUT2D eigenvalue weighted by Crippen LogP contribution is 2.42. The molecular weight excluding hydrogens is 241 g/mol. The number of nitrogens with zero attached hydrogens (tertiary/aromatic N) is 2. The van der Waals surface area contributed by atoms with Crippen LogP contribution in [0.15, 0.2) is 12.1 Å². The van der Waals surface area contributed by atoms with Crippen LogP contribution in [0, 0.1) is 24.6 Å². The number of fused-ring (bicyclic) bond motifs is 2. The van der Waals surface area contributed by atoms with Gasteiger partial charge in [-0.2, -0.15) is 0 Å². The van der Waals surface area contributed by atoms with Gasteiger partial charge in [0.05, 0.1) is 0 Å². The van der Waals surface area contributed by atoms with Crippen molar-refractivity contribution in [3.63, 3.8) is 0 Å². The Kier molecular flexibility index (Phi) is 3.21. The van der Waals surface area contributed by atoms with Crippen LogP contribution in [0.4, 0.5) is 10.2 Å². The molecule has 104 valence electrons. The van der Waals surface area contributed by atoms with Crippen LogP contribution in [-0.2, 0) is 0 Å². The lowest BCUT2D eigenvalue weighted by molar-refractivity contribution is -0.00443. The molecule has 2 aliphatic rings. The van der Waals surface area contributed by atoms with Gasteiger partial charge in [-0.25, -0.2) is 9.37 Å². The van der Waals surface area contributed by atoms with Crippen molar-refractivity contribution in [2.24, 2.45) is 11.8 Å². The Bertz CT molecular complexity index is 462. The van der Waals surface area contributed by atoms with Gasteiger partial charge in [0, 0.05) is 30.9 Å². The van der Waals surface area contributed by atoms with Crippen LogP contribution in [0.25, 0.3) is 0 Å². The van der Waals surface area contributed by atoms with Gasteiger partial charge in [-0.05, 0) is 51.2 Å². The first-order chi connectivity index (χ1) is 9.04. The highest BCUT2D eigenvalue weighted by Gasteiger charge is 2.47. The Labute approximate surface area is 114 Å². The molecule has 0 aromatic carbocycles. The number of piperidine rings is 2. The van der Waals surface area contributed by atoms with E-state index in [-0.39, 0.29) is 5.82 Å². The number of pyridine rings is 1. The Morgan fingerprint density at radius 2 is 2.00 bits per heavy atom. The minimum atomic E-state index is -0.240. The Morgan fingerprint density at radius 1 is 1.32 bits per heavy atom. The van der Waals surface area contributed by atoms with Crippen molar-refractivity contribution in [1.29, 1.82) is 0 Å². The fraction of sp³-hybridized carbons (Fsp3) is 0.667. The van der Waals surface area contributed by atoms with Gasteiger partial charge in [0.1, 0.15) is 0 Å². The van der Waals surface area contributed by atoms with Crippen LogP contribution < -0.4 is 5.32 Å². The summed E-state index contributed by atoms with van der Waals surface area (Å²) in [6.45, 7) is 8.63. The highest BCUT2D eigenvalue weighted by atomic mass is 19.1. The lowest BCUT2D eigenvalue weighted by Crippen LogP contribution is -2.62. The Hall–Kier alpha value is -1.16. The second-order valence-corrected chi connectivity index (χ2v) is 6.26. The quantitative estimate of drug-likeness (QED) is 0.908. The molecule has 0 amide bonds. The molecule has 1 saturated carbocycles. The topological polar surface area (TPSA) is 28.2 Å². The summed E-state index contributed by atoms with van der Waals surface area (Å²) < 4.78 is 13.7. The number of aromatic nitrogens is 1. The van der Waals surface area contributed by atoms with Crippen LogP contribution >= 0.6 is 0 Å². The summed E-state index contributed by atoms with van der Waals surface area (Å²) in [5.74, 6) is 1.47. The number of anilines is 1. The first-order valence-corrected chi connectivity index (χ1v) is 7.18. The van der Waals surface area contributed by atoms with Gasteiger partial charge in [-0.3, -0.25) is 0 Å². The van der Waals surface area contributed by atoms with Gasteiger partial charge in [0.2, 0.25) is 0 Å². The number of likely N-dealkylation sites (tertiary alicyclic amines) is 1. The number of aryl methyl sites for hydroxylation is 1. The van der Waals surface area contributed by atoms with E-state index >= 15 is 0 Å². The van der Waals surface area contributed by atoms with Gasteiger partial charge >= 0.3 is 0 Å². The lowest BCUT2D eigenvalue weighted by Gasteiger charge is -2.55. The molecule has 2 atom stereocenters. The summed E-state index contributed by atoms with van der Waals surface area (Å²) in [5.41, 5.74) is 0.859. The highest BCUT2D eigenvalue weighted by molar-refractivity contribution is 5.40. The molecule has 4 heteroatoms. The van der Waals surface area contributed by atoms with Crippen molar-refractivity contribution in [2.45, 2.75) is 39.3 Å². The van der Waals surface area contributed by atoms with Crippen molar-refractivity contribution in [2.75, 3.05) is 18.4 Å². The van der Waals surface area contributed by atoms with Crippen LogP contribution in [0.2, 0.25) is 0 Å². The van der Waals surface area contributed by atoms with E-state index in [9.17, 15) is 4.39 Å². The van der Waals surface area contributed by atoms with E-state index in [0.717, 1.165) is 18.8 Å². The molecule has 19 heavy (non-hydrogen) atoms. The van der Waals surface area contributed by atoms with E-state index in [1.807, 2.05) is 6.92 Å². The monoisotopic (exact) mass is 263 g/mol. The van der Waals surface area contributed by atoms with Crippen molar-refractivity contribution in [1.82, 2.24) is 9.88 Å². The minimum absolute atomic E-state index is 0.240. The fourth-order valence-corrected chi connectivity index (χ4v) is 3.38. The van der Waals surface area contributed by atoms with E-state index in [4.69, 9.17) is 0 Å². The lowest BCUT2D eigenvalue weighted by atomic mass is 9.66. The third-order valence-electron chi connectivity index (χ3n) is 4.58. The number of halogens is 1. The Morgan fingerprint density at radius 3 is 2.63 bits per heavy atom. The average Bonchev–Trinajstić information content (AvgIpc) is 2.39. The zero-order valence-corrected chi connectivity index (χ0v) is 11.9. The van der Waals surface area contributed by atoms with Gasteiger partial charge in [0.25, 0.3) is 0 Å². The summed E-state index contributed by atoms with van der Waals surface area (Å²) in [5, 5.41) is 3.34. The largest absolute Gasteiger partial charge is 0.364 e. The zero-order valence-electron chi connectivity index (χ0n) is 11.9. The van der Waals surface area contributed by atoms with E-state index in [0.29, 0.717) is 29.7 Å². The maximum absolute atomic E-state index is 13.7. The number of nitrogens with one attached hydrogen (secondary N) is 1.